The number of aromatic nitrogens is 1. The van der Waals surface area contributed by atoms with E-state index < -0.39 is 5.97 Å². The predicted octanol–water partition coefficient (Wildman–Crippen LogP) is 2.25. The first-order valence-corrected chi connectivity index (χ1v) is 7.65. The van der Waals surface area contributed by atoms with Gasteiger partial charge in [-0.15, -0.1) is 11.3 Å². The Labute approximate surface area is 121 Å². The number of aryl methyl sites for hydroxylation is 2. The quantitative estimate of drug-likeness (QED) is 0.751. The van der Waals surface area contributed by atoms with E-state index in [0.717, 1.165) is 31.4 Å². The van der Waals surface area contributed by atoms with Crippen molar-refractivity contribution in [3.8, 4) is 0 Å². The van der Waals surface area contributed by atoms with Crippen LogP contribution in [0.5, 0.6) is 0 Å². The maximum Gasteiger partial charge on any atom is 0.321 e. The molecule has 1 atom stereocenters. The number of nitrogens with zero attached hydrogens (tertiary/aromatic N) is 1. The normalized spacial score (nSPS) is 14.7. The summed E-state index contributed by atoms with van der Waals surface area (Å²) in [5.41, 5.74) is 1.10. The van der Waals surface area contributed by atoms with Crippen LogP contribution in [0.3, 0.4) is 0 Å². The molecule has 1 aromatic heterocycles. The molecule has 1 aliphatic rings. The van der Waals surface area contributed by atoms with Crippen molar-refractivity contribution in [1.29, 1.82) is 0 Å². The molecule has 0 spiro atoms. The summed E-state index contributed by atoms with van der Waals surface area (Å²) >= 11 is 1.52. The van der Waals surface area contributed by atoms with Gasteiger partial charge in [0.2, 0.25) is 0 Å². The molecule has 1 unspecified atom stereocenters. The van der Waals surface area contributed by atoms with E-state index >= 15 is 0 Å². The highest BCUT2D eigenvalue weighted by atomic mass is 32.1. The van der Waals surface area contributed by atoms with Crippen LogP contribution in [-0.4, -0.2) is 28.6 Å². The van der Waals surface area contributed by atoms with Crippen LogP contribution < -0.4 is 10.6 Å². The van der Waals surface area contributed by atoms with E-state index in [9.17, 15) is 9.59 Å². The lowest BCUT2D eigenvalue weighted by Gasteiger charge is -2.13. The molecule has 1 aliphatic carbocycles. The van der Waals surface area contributed by atoms with Crippen LogP contribution in [0.4, 0.5) is 9.93 Å². The summed E-state index contributed by atoms with van der Waals surface area (Å²) in [7, 11) is 0. The first-order valence-electron chi connectivity index (χ1n) is 6.83. The summed E-state index contributed by atoms with van der Waals surface area (Å²) in [6.45, 7) is 2.28. The highest BCUT2D eigenvalue weighted by molar-refractivity contribution is 7.15. The SMILES string of the molecule is CCC(CNC(=O)Nc1nc2c(s1)CCC2)CC(=O)O. The number of urea groups is 1. The second-order valence-electron chi connectivity index (χ2n) is 4.95. The molecule has 110 valence electrons. The number of fused-ring (bicyclic) bond motifs is 1. The van der Waals surface area contributed by atoms with Crippen LogP contribution in [0, 0.1) is 5.92 Å². The third-order valence-electron chi connectivity index (χ3n) is 3.41. The van der Waals surface area contributed by atoms with Crippen molar-refractivity contribution in [1.82, 2.24) is 10.3 Å². The number of anilines is 1. The molecule has 0 radical (unpaired) electrons. The number of aliphatic carboxylic acids is 1. The molecule has 20 heavy (non-hydrogen) atoms. The van der Waals surface area contributed by atoms with E-state index in [1.165, 1.54) is 16.2 Å². The molecular weight excluding hydrogens is 278 g/mol. The number of nitrogens with one attached hydrogen (secondary N) is 2. The maximum atomic E-state index is 11.7. The molecule has 2 rings (SSSR count). The van der Waals surface area contributed by atoms with Gasteiger partial charge in [-0.3, -0.25) is 10.1 Å². The first kappa shape index (κ1) is 14.8. The number of hydrogen-bond acceptors (Lipinski definition) is 4. The van der Waals surface area contributed by atoms with Gasteiger partial charge in [-0.1, -0.05) is 13.3 Å². The highest BCUT2D eigenvalue weighted by Gasteiger charge is 2.18. The predicted molar refractivity (Wildman–Crippen MR) is 77.2 cm³/mol. The van der Waals surface area contributed by atoms with E-state index in [4.69, 9.17) is 5.11 Å². The molecule has 0 bridgehead atoms. The average molecular weight is 297 g/mol. The van der Waals surface area contributed by atoms with Gasteiger partial charge in [0, 0.05) is 17.8 Å². The Kier molecular flexibility index (Phi) is 4.94. The van der Waals surface area contributed by atoms with Gasteiger partial charge >= 0.3 is 12.0 Å². The van der Waals surface area contributed by atoms with Crippen molar-refractivity contribution in [3.63, 3.8) is 0 Å². The Hall–Kier alpha value is -1.63. The van der Waals surface area contributed by atoms with E-state index in [1.54, 1.807) is 0 Å². The van der Waals surface area contributed by atoms with Gasteiger partial charge in [0.05, 0.1) is 5.69 Å². The molecule has 6 nitrogen and oxygen atoms in total. The lowest BCUT2D eigenvalue weighted by atomic mass is 10.0. The highest BCUT2D eigenvalue weighted by Crippen LogP contribution is 2.30. The van der Waals surface area contributed by atoms with Crippen molar-refractivity contribution in [3.05, 3.63) is 10.6 Å². The lowest BCUT2D eigenvalue weighted by Crippen LogP contribution is -2.33. The molecule has 0 aromatic carbocycles. The molecule has 7 heteroatoms. The van der Waals surface area contributed by atoms with Gasteiger partial charge in [-0.05, 0) is 25.2 Å². The monoisotopic (exact) mass is 297 g/mol. The fourth-order valence-corrected chi connectivity index (χ4v) is 3.27. The number of hydrogen-bond donors (Lipinski definition) is 3. The number of rotatable bonds is 6. The minimum Gasteiger partial charge on any atom is -0.481 e. The van der Waals surface area contributed by atoms with Gasteiger partial charge in [-0.25, -0.2) is 9.78 Å². The Morgan fingerprint density at radius 2 is 2.25 bits per heavy atom. The summed E-state index contributed by atoms with van der Waals surface area (Å²) in [4.78, 5) is 28.0. The molecule has 0 aliphatic heterocycles. The molecule has 3 N–H and O–H groups in total. The van der Waals surface area contributed by atoms with Crippen LogP contribution >= 0.6 is 11.3 Å². The van der Waals surface area contributed by atoms with Crippen LogP contribution in [-0.2, 0) is 17.6 Å². The zero-order chi connectivity index (χ0) is 14.5. The van der Waals surface area contributed by atoms with Crippen molar-refractivity contribution in [2.75, 3.05) is 11.9 Å². The van der Waals surface area contributed by atoms with Crippen LogP contribution in [0.15, 0.2) is 0 Å². The number of amides is 2. The van der Waals surface area contributed by atoms with E-state index in [0.29, 0.717) is 11.7 Å². The Bertz CT molecular complexity index is 480. The molecule has 2 amide bonds. The van der Waals surface area contributed by atoms with Gasteiger partial charge in [0.15, 0.2) is 5.13 Å². The van der Waals surface area contributed by atoms with E-state index in [2.05, 4.69) is 15.6 Å². The van der Waals surface area contributed by atoms with Crippen LogP contribution in [0.1, 0.15) is 36.8 Å². The molecule has 0 saturated carbocycles. The second-order valence-corrected chi connectivity index (χ2v) is 6.03. The van der Waals surface area contributed by atoms with Crippen LogP contribution in [0.25, 0.3) is 0 Å². The number of carbonyl (C=O) groups excluding carboxylic acids is 1. The summed E-state index contributed by atoms with van der Waals surface area (Å²) in [5, 5.41) is 14.8. The first-order chi connectivity index (χ1) is 9.58. The largest absolute Gasteiger partial charge is 0.481 e. The van der Waals surface area contributed by atoms with Crippen molar-refractivity contribution in [2.45, 2.75) is 39.0 Å². The molecule has 1 heterocycles. The van der Waals surface area contributed by atoms with Gasteiger partial charge in [-0.2, -0.15) is 0 Å². The maximum absolute atomic E-state index is 11.7. The lowest BCUT2D eigenvalue weighted by molar-refractivity contribution is -0.138. The van der Waals surface area contributed by atoms with Crippen molar-refractivity contribution >= 4 is 28.5 Å². The van der Waals surface area contributed by atoms with E-state index in [1.807, 2.05) is 6.92 Å². The molecule has 0 saturated heterocycles. The number of thiazole rings is 1. The minimum atomic E-state index is -0.838. The summed E-state index contributed by atoms with van der Waals surface area (Å²) in [5.74, 6) is -0.880. The van der Waals surface area contributed by atoms with E-state index in [-0.39, 0.29) is 18.4 Å². The Morgan fingerprint density at radius 3 is 2.90 bits per heavy atom. The smallest absolute Gasteiger partial charge is 0.321 e. The standard InChI is InChI=1S/C13H19N3O3S/c1-2-8(6-11(17)18)7-14-12(19)16-13-15-9-4-3-5-10(9)20-13/h8H,2-7H2,1H3,(H,17,18)(H2,14,15,16,19). The topological polar surface area (TPSA) is 91.3 Å². The second kappa shape index (κ2) is 6.69. The fraction of sp³-hybridized carbons (Fsp3) is 0.615. The zero-order valence-electron chi connectivity index (χ0n) is 11.4. The summed E-state index contributed by atoms with van der Waals surface area (Å²) in [6, 6.07) is -0.318. The van der Waals surface area contributed by atoms with Gasteiger partial charge in [0.25, 0.3) is 0 Å². The number of carboxylic acids is 1. The summed E-state index contributed by atoms with van der Waals surface area (Å²) in [6.07, 6.45) is 3.98. The van der Waals surface area contributed by atoms with Crippen LogP contribution in [0.2, 0.25) is 0 Å². The minimum absolute atomic E-state index is 0.0421. The third kappa shape index (κ3) is 3.93. The average Bonchev–Trinajstić information content (AvgIpc) is 2.94. The van der Waals surface area contributed by atoms with Crippen molar-refractivity contribution < 1.29 is 14.7 Å². The number of carbonyl (C=O) groups is 2. The Balaban J connectivity index is 1.78. The Morgan fingerprint density at radius 1 is 1.45 bits per heavy atom. The fourth-order valence-electron chi connectivity index (χ4n) is 2.23. The molecular formula is C13H19N3O3S. The molecule has 0 fully saturated rings. The van der Waals surface area contributed by atoms with Gasteiger partial charge < -0.3 is 10.4 Å². The van der Waals surface area contributed by atoms with Crippen molar-refractivity contribution in [2.24, 2.45) is 5.92 Å². The molecule has 1 aromatic rings. The zero-order valence-corrected chi connectivity index (χ0v) is 12.3. The number of carboxylic acid groups (broad SMARTS) is 1. The third-order valence-corrected chi connectivity index (χ3v) is 4.48. The summed E-state index contributed by atoms with van der Waals surface area (Å²) < 4.78 is 0. The van der Waals surface area contributed by atoms with Gasteiger partial charge in [0.1, 0.15) is 0 Å².